The molecule has 0 bridgehead atoms. The van der Waals surface area contributed by atoms with Crippen molar-refractivity contribution in [3.05, 3.63) is 101 Å². The number of hydrogen-bond acceptors (Lipinski definition) is 4. The summed E-state index contributed by atoms with van der Waals surface area (Å²) in [7, 11) is 0. The van der Waals surface area contributed by atoms with E-state index in [1.165, 1.54) is 0 Å². The highest BCUT2D eigenvalue weighted by Gasteiger charge is 2.09. The fraction of sp³-hybridized carbons (Fsp3) is 0.200. The van der Waals surface area contributed by atoms with Crippen molar-refractivity contribution in [1.82, 2.24) is 10.9 Å². The van der Waals surface area contributed by atoms with Crippen LogP contribution in [0.1, 0.15) is 45.7 Å². The second-order valence-corrected chi connectivity index (χ2v) is 7.26. The number of rotatable bonds is 8. The number of hydrogen-bond donors (Lipinski definition) is 2. The van der Waals surface area contributed by atoms with Crippen molar-refractivity contribution < 1.29 is 19.1 Å². The summed E-state index contributed by atoms with van der Waals surface area (Å²) in [5, 5.41) is 0. The lowest BCUT2D eigenvalue weighted by atomic mass is 10.1. The van der Waals surface area contributed by atoms with Crippen molar-refractivity contribution in [2.45, 2.75) is 33.2 Å². The van der Waals surface area contributed by atoms with E-state index in [1.54, 1.807) is 24.3 Å². The molecule has 2 N–H and O–H groups in total. The molecule has 0 radical (unpaired) electrons. The predicted octanol–water partition coefficient (Wildman–Crippen LogP) is 4.27. The molecule has 0 aliphatic carbocycles. The second kappa shape index (κ2) is 10.9. The molecule has 3 rings (SSSR count). The number of ether oxygens (including phenoxy) is 2. The fourth-order valence-corrected chi connectivity index (χ4v) is 2.71. The summed E-state index contributed by atoms with van der Waals surface area (Å²) in [5.74, 6) is -0.00379. The van der Waals surface area contributed by atoms with E-state index in [2.05, 4.69) is 10.9 Å². The number of nitrogens with one attached hydrogen (secondary N) is 2. The van der Waals surface area contributed by atoms with Crippen LogP contribution in [-0.2, 0) is 18.0 Å². The lowest BCUT2D eigenvalue weighted by Crippen LogP contribution is -2.41. The Morgan fingerprint density at radius 3 is 1.68 bits per heavy atom. The van der Waals surface area contributed by atoms with Gasteiger partial charge in [0.15, 0.2) is 0 Å². The minimum atomic E-state index is -0.397. The number of benzene rings is 3. The van der Waals surface area contributed by atoms with Crippen LogP contribution < -0.4 is 15.6 Å². The van der Waals surface area contributed by atoms with Crippen molar-refractivity contribution in [3.8, 4) is 5.75 Å². The molecule has 0 aromatic heterocycles. The molecule has 6 nitrogen and oxygen atoms in total. The Morgan fingerprint density at radius 1 is 0.710 bits per heavy atom. The van der Waals surface area contributed by atoms with Crippen LogP contribution in [0, 0.1) is 0 Å². The summed E-state index contributed by atoms with van der Waals surface area (Å²) in [6, 6.07) is 23.6. The Balaban J connectivity index is 1.47. The Hall–Kier alpha value is -3.64. The second-order valence-electron chi connectivity index (χ2n) is 7.26. The molecule has 2 amide bonds. The average molecular weight is 418 g/mol. The van der Waals surface area contributed by atoms with Gasteiger partial charge >= 0.3 is 0 Å². The van der Waals surface area contributed by atoms with Crippen molar-refractivity contribution in [2.75, 3.05) is 0 Å². The summed E-state index contributed by atoms with van der Waals surface area (Å²) in [6.07, 6.45) is 0.142. The fourth-order valence-electron chi connectivity index (χ4n) is 2.71. The SMILES string of the molecule is CC(C)OCc1ccc(C(=O)NNC(=O)c2ccc(COc3ccccc3)cc2)cc1. The van der Waals surface area contributed by atoms with Gasteiger partial charge in [0.25, 0.3) is 11.8 Å². The van der Waals surface area contributed by atoms with Gasteiger partial charge in [-0.3, -0.25) is 20.4 Å². The van der Waals surface area contributed by atoms with E-state index in [9.17, 15) is 9.59 Å². The van der Waals surface area contributed by atoms with E-state index in [-0.39, 0.29) is 6.10 Å². The monoisotopic (exact) mass is 418 g/mol. The number of hydrazine groups is 1. The van der Waals surface area contributed by atoms with Gasteiger partial charge in [-0.1, -0.05) is 42.5 Å². The standard InChI is InChI=1S/C25H26N2O4/c1-18(2)30-16-19-8-12-21(13-9-19)24(28)26-27-25(29)22-14-10-20(11-15-22)17-31-23-6-4-3-5-7-23/h3-15,18H,16-17H2,1-2H3,(H,26,28)(H,27,29). The first-order valence-electron chi connectivity index (χ1n) is 10.1. The third kappa shape index (κ3) is 6.97. The van der Waals surface area contributed by atoms with Crippen LogP contribution in [0.2, 0.25) is 0 Å². The van der Waals surface area contributed by atoms with E-state index in [0.717, 1.165) is 16.9 Å². The maximum Gasteiger partial charge on any atom is 0.269 e. The summed E-state index contributed by atoms with van der Waals surface area (Å²) >= 11 is 0. The summed E-state index contributed by atoms with van der Waals surface area (Å²) in [5.41, 5.74) is 7.66. The molecule has 0 aliphatic heterocycles. The molecule has 31 heavy (non-hydrogen) atoms. The molecular formula is C25H26N2O4. The molecule has 0 atom stereocenters. The molecule has 0 spiro atoms. The maximum absolute atomic E-state index is 12.3. The van der Waals surface area contributed by atoms with Gasteiger partial charge in [-0.2, -0.15) is 0 Å². The molecule has 0 heterocycles. The highest BCUT2D eigenvalue weighted by molar-refractivity contribution is 5.99. The molecule has 3 aromatic carbocycles. The highest BCUT2D eigenvalue weighted by Crippen LogP contribution is 2.12. The lowest BCUT2D eigenvalue weighted by Gasteiger charge is -2.10. The molecule has 0 unspecified atom stereocenters. The highest BCUT2D eigenvalue weighted by atomic mass is 16.5. The third-order valence-electron chi connectivity index (χ3n) is 4.45. The van der Waals surface area contributed by atoms with Crippen molar-refractivity contribution in [3.63, 3.8) is 0 Å². The van der Waals surface area contributed by atoms with Crippen molar-refractivity contribution >= 4 is 11.8 Å². The Bertz CT molecular complexity index is 984. The zero-order valence-corrected chi connectivity index (χ0v) is 17.6. The van der Waals surface area contributed by atoms with Gasteiger partial charge in [0.05, 0.1) is 12.7 Å². The number of para-hydroxylation sites is 1. The summed E-state index contributed by atoms with van der Waals surface area (Å²) in [4.78, 5) is 24.6. The zero-order chi connectivity index (χ0) is 22.1. The molecule has 6 heteroatoms. The average Bonchev–Trinajstić information content (AvgIpc) is 2.81. The Labute approximate surface area is 182 Å². The van der Waals surface area contributed by atoms with E-state index in [0.29, 0.717) is 24.3 Å². The molecule has 0 saturated heterocycles. The van der Waals surface area contributed by atoms with E-state index < -0.39 is 11.8 Å². The molecular weight excluding hydrogens is 392 g/mol. The minimum absolute atomic E-state index is 0.142. The Kier molecular flexibility index (Phi) is 7.79. The molecule has 3 aromatic rings. The maximum atomic E-state index is 12.3. The van der Waals surface area contributed by atoms with Gasteiger partial charge in [0, 0.05) is 11.1 Å². The first-order valence-corrected chi connectivity index (χ1v) is 10.1. The van der Waals surface area contributed by atoms with Gasteiger partial charge < -0.3 is 9.47 Å². The molecule has 160 valence electrons. The van der Waals surface area contributed by atoms with Crippen molar-refractivity contribution in [2.24, 2.45) is 0 Å². The van der Waals surface area contributed by atoms with E-state index >= 15 is 0 Å². The normalized spacial score (nSPS) is 10.5. The van der Waals surface area contributed by atoms with Crippen LogP contribution in [0.5, 0.6) is 5.75 Å². The van der Waals surface area contributed by atoms with E-state index in [4.69, 9.17) is 9.47 Å². The van der Waals surface area contributed by atoms with Gasteiger partial charge in [-0.05, 0) is 61.4 Å². The summed E-state index contributed by atoms with van der Waals surface area (Å²) < 4.78 is 11.2. The van der Waals surface area contributed by atoms with E-state index in [1.807, 2.05) is 68.4 Å². The van der Waals surface area contributed by atoms with Gasteiger partial charge in [-0.25, -0.2) is 0 Å². The van der Waals surface area contributed by atoms with Crippen LogP contribution in [0.4, 0.5) is 0 Å². The summed E-state index contributed by atoms with van der Waals surface area (Å²) in [6.45, 7) is 4.83. The largest absolute Gasteiger partial charge is 0.489 e. The quantitative estimate of drug-likeness (QED) is 0.536. The van der Waals surface area contributed by atoms with Gasteiger partial charge in [0.2, 0.25) is 0 Å². The molecule has 0 saturated carbocycles. The van der Waals surface area contributed by atoms with Crippen LogP contribution >= 0.6 is 0 Å². The number of carbonyl (C=O) groups is 2. The topological polar surface area (TPSA) is 76.7 Å². The minimum Gasteiger partial charge on any atom is -0.489 e. The zero-order valence-electron chi connectivity index (χ0n) is 17.6. The van der Waals surface area contributed by atoms with Crippen LogP contribution in [-0.4, -0.2) is 17.9 Å². The van der Waals surface area contributed by atoms with Crippen LogP contribution in [0.15, 0.2) is 78.9 Å². The number of amides is 2. The first kappa shape index (κ1) is 22.1. The lowest BCUT2D eigenvalue weighted by molar-refractivity contribution is 0.0656. The van der Waals surface area contributed by atoms with Gasteiger partial charge in [-0.15, -0.1) is 0 Å². The predicted molar refractivity (Wildman–Crippen MR) is 119 cm³/mol. The van der Waals surface area contributed by atoms with Crippen LogP contribution in [0.3, 0.4) is 0 Å². The molecule has 0 aliphatic rings. The van der Waals surface area contributed by atoms with Gasteiger partial charge in [0.1, 0.15) is 12.4 Å². The first-order chi connectivity index (χ1) is 15.0. The number of carbonyl (C=O) groups excluding carboxylic acids is 2. The third-order valence-corrected chi connectivity index (χ3v) is 4.45. The van der Waals surface area contributed by atoms with Crippen molar-refractivity contribution in [1.29, 1.82) is 0 Å². The smallest absolute Gasteiger partial charge is 0.269 e. The molecule has 0 fully saturated rings. The Morgan fingerprint density at radius 2 is 1.19 bits per heavy atom. The van der Waals surface area contributed by atoms with Crippen LogP contribution in [0.25, 0.3) is 0 Å².